The van der Waals surface area contributed by atoms with Crippen LogP contribution in [0.15, 0.2) is 48.8 Å². The third-order valence-corrected chi connectivity index (χ3v) is 6.74. The fraction of sp³-hybridized carbons (Fsp3) is 0.385. The molecular weight excluding hydrogens is 464 g/mol. The Bertz CT molecular complexity index is 1240. The molecule has 2 aliphatic rings. The summed E-state index contributed by atoms with van der Waals surface area (Å²) in [4.78, 5) is 32.6. The lowest BCUT2D eigenvalue weighted by Crippen LogP contribution is -2.42. The molecule has 0 aliphatic carbocycles. The number of amides is 2. The maximum Gasteiger partial charge on any atom is 0.328 e. The summed E-state index contributed by atoms with van der Waals surface area (Å²) < 4.78 is 27.1. The van der Waals surface area contributed by atoms with E-state index < -0.39 is 12.0 Å². The first-order valence-corrected chi connectivity index (χ1v) is 12.3. The topological polar surface area (TPSA) is 77.5 Å². The van der Waals surface area contributed by atoms with E-state index in [0.29, 0.717) is 36.8 Å². The number of hydrogen-bond donors (Lipinski definition) is 1. The number of carbonyl (C=O) groups excluding carboxylic acids is 1. The lowest BCUT2D eigenvalue weighted by atomic mass is 10.1. The molecule has 0 bridgehead atoms. The molecule has 0 radical (unpaired) electrons. The average Bonchev–Trinajstić information content (AvgIpc) is 3.26. The van der Waals surface area contributed by atoms with Crippen molar-refractivity contribution in [3.05, 3.63) is 54.6 Å². The minimum Gasteiger partial charge on any atom is -0.369 e. The molecule has 0 spiro atoms. The van der Waals surface area contributed by atoms with Crippen molar-refractivity contribution in [3.8, 4) is 11.3 Å². The van der Waals surface area contributed by atoms with Gasteiger partial charge < -0.3 is 9.80 Å². The second kappa shape index (κ2) is 10.0. The number of pyridine rings is 3. The second-order valence-corrected chi connectivity index (χ2v) is 9.15. The molecule has 10 heteroatoms. The minimum absolute atomic E-state index is 0.136. The van der Waals surface area contributed by atoms with Crippen molar-refractivity contribution in [2.24, 2.45) is 0 Å². The first kappa shape index (κ1) is 23.9. The van der Waals surface area contributed by atoms with E-state index in [1.807, 2.05) is 36.1 Å². The van der Waals surface area contributed by atoms with Gasteiger partial charge in [0.1, 0.15) is 23.6 Å². The highest BCUT2D eigenvalue weighted by molar-refractivity contribution is 6.03. The number of anilines is 4. The van der Waals surface area contributed by atoms with E-state index in [0.717, 1.165) is 37.0 Å². The second-order valence-electron chi connectivity index (χ2n) is 9.15. The van der Waals surface area contributed by atoms with Crippen LogP contribution < -0.4 is 20.0 Å². The van der Waals surface area contributed by atoms with Crippen molar-refractivity contribution >= 4 is 29.2 Å². The van der Waals surface area contributed by atoms with Crippen LogP contribution in [0.2, 0.25) is 0 Å². The van der Waals surface area contributed by atoms with Gasteiger partial charge in [-0.15, -0.1) is 0 Å². The monoisotopic (exact) mass is 493 g/mol. The molecular formula is C26H29F2N7O. The van der Waals surface area contributed by atoms with Gasteiger partial charge in [0.15, 0.2) is 5.82 Å². The smallest absolute Gasteiger partial charge is 0.328 e. The van der Waals surface area contributed by atoms with Crippen molar-refractivity contribution in [2.75, 3.05) is 46.2 Å². The number of nitrogens with one attached hydrogen (secondary N) is 1. The van der Waals surface area contributed by atoms with Crippen molar-refractivity contribution in [2.45, 2.75) is 38.9 Å². The van der Waals surface area contributed by atoms with Crippen LogP contribution in [0.1, 0.15) is 26.7 Å². The number of aromatic nitrogens is 3. The molecule has 3 aromatic rings. The van der Waals surface area contributed by atoms with E-state index in [2.05, 4.69) is 27.1 Å². The Hall–Kier alpha value is -3.82. The molecule has 36 heavy (non-hydrogen) atoms. The van der Waals surface area contributed by atoms with Gasteiger partial charge in [0, 0.05) is 37.4 Å². The predicted molar refractivity (Wildman–Crippen MR) is 137 cm³/mol. The fourth-order valence-electron chi connectivity index (χ4n) is 4.75. The number of hydrogen-bond acceptors (Lipinski definition) is 6. The lowest BCUT2D eigenvalue weighted by molar-refractivity contribution is 0.255. The Morgan fingerprint density at radius 3 is 2.72 bits per heavy atom. The van der Waals surface area contributed by atoms with Crippen LogP contribution in [0.5, 0.6) is 0 Å². The molecule has 2 atom stereocenters. The molecule has 8 nitrogen and oxygen atoms in total. The third kappa shape index (κ3) is 4.80. The molecule has 5 rings (SSSR count). The number of carbonyl (C=O) groups is 1. The van der Waals surface area contributed by atoms with E-state index in [9.17, 15) is 13.6 Å². The molecule has 0 saturated carbocycles. The summed E-state index contributed by atoms with van der Waals surface area (Å²) in [5.41, 5.74) is 2.39. The summed E-state index contributed by atoms with van der Waals surface area (Å²) in [5, 5.41) is 2.78. The summed E-state index contributed by atoms with van der Waals surface area (Å²) in [7, 11) is 0. The molecule has 2 aliphatic heterocycles. The molecule has 188 valence electrons. The zero-order chi connectivity index (χ0) is 25.2. The number of halogens is 2. The van der Waals surface area contributed by atoms with Crippen molar-refractivity contribution in [1.82, 2.24) is 15.0 Å². The molecule has 5 heterocycles. The normalized spacial score (nSPS) is 19.7. The molecule has 2 amide bonds. The van der Waals surface area contributed by atoms with E-state index in [1.54, 1.807) is 11.1 Å². The lowest BCUT2D eigenvalue weighted by Gasteiger charge is -2.28. The van der Waals surface area contributed by atoms with Gasteiger partial charge >= 0.3 is 6.03 Å². The van der Waals surface area contributed by atoms with Crippen molar-refractivity contribution in [1.29, 1.82) is 0 Å². The maximum atomic E-state index is 13.8. The number of rotatable bonds is 4. The number of urea groups is 1. The highest BCUT2D eigenvalue weighted by Gasteiger charge is 2.31. The van der Waals surface area contributed by atoms with Crippen LogP contribution in [-0.4, -0.2) is 59.4 Å². The van der Waals surface area contributed by atoms with Gasteiger partial charge in [0.25, 0.3) is 0 Å². The molecule has 3 aromatic heterocycles. The molecule has 0 aromatic carbocycles. The SMILES string of the molecule is CCN1CC[C@@H](C)N(C(=O)Nc2ccc(F)cn2)c2nc(-c3ccnc(N4CC[C@H](F)C4)c3)ccc21. The van der Waals surface area contributed by atoms with Gasteiger partial charge in [0.05, 0.1) is 24.1 Å². The van der Waals surface area contributed by atoms with Crippen LogP contribution >= 0.6 is 0 Å². The summed E-state index contributed by atoms with van der Waals surface area (Å²) in [6, 6.07) is 9.87. The summed E-state index contributed by atoms with van der Waals surface area (Å²) >= 11 is 0. The van der Waals surface area contributed by atoms with E-state index in [1.165, 1.54) is 12.1 Å². The van der Waals surface area contributed by atoms with Crippen LogP contribution in [0.3, 0.4) is 0 Å². The first-order valence-electron chi connectivity index (χ1n) is 12.3. The number of alkyl halides is 1. The Labute approximate surface area is 209 Å². The van der Waals surface area contributed by atoms with Gasteiger partial charge in [-0.1, -0.05) is 0 Å². The molecule has 0 unspecified atom stereocenters. The van der Waals surface area contributed by atoms with Gasteiger partial charge in [-0.3, -0.25) is 10.2 Å². The average molecular weight is 494 g/mol. The number of fused-ring (bicyclic) bond motifs is 1. The van der Waals surface area contributed by atoms with Crippen molar-refractivity contribution < 1.29 is 13.6 Å². The van der Waals surface area contributed by atoms with Crippen molar-refractivity contribution in [3.63, 3.8) is 0 Å². The number of nitrogens with zero attached hydrogens (tertiary/aromatic N) is 6. The van der Waals surface area contributed by atoms with Gasteiger partial charge in [-0.2, -0.15) is 0 Å². The quantitative estimate of drug-likeness (QED) is 0.558. The Morgan fingerprint density at radius 1 is 1.14 bits per heavy atom. The van der Waals surface area contributed by atoms with E-state index in [4.69, 9.17) is 4.98 Å². The minimum atomic E-state index is -0.842. The molecule has 1 saturated heterocycles. The highest BCUT2D eigenvalue weighted by atomic mass is 19.1. The first-order chi connectivity index (χ1) is 17.4. The maximum absolute atomic E-state index is 13.8. The van der Waals surface area contributed by atoms with Crippen LogP contribution in [-0.2, 0) is 0 Å². The summed E-state index contributed by atoms with van der Waals surface area (Å²) in [6.45, 7) is 6.58. The Morgan fingerprint density at radius 2 is 2.00 bits per heavy atom. The molecule has 1 fully saturated rings. The van der Waals surface area contributed by atoms with E-state index in [-0.39, 0.29) is 17.9 Å². The summed E-state index contributed by atoms with van der Waals surface area (Å²) in [5.74, 6) is 1.05. The van der Waals surface area contributed by atoms with Gasteiger partial charge in [-0.25, -0.2) is 28.5 Å². The highest BCUT2D eigenvalue weighted by Crippen LogP contribution is 2.36. The van der Waals surface area contributed by atoms with Crippen LogP contribution in [0, 0.1) is 5.82 Å². The van der Waals surface area contributed by atoms with Gasteiger partial charge in [-0.05, 0) is 63.1 Å². The van der Waals surface area contributed by atoms with E-state index >= 15 is 0 Å². The fourth-order valence-corrected chi connectivity index (χ4v) is 4.75. The zero-order valence-corrected chi connectivity index (χ0v) is 20.4. The third-order valence-electron chi connectivity index (χ3n) is 6.74. The Balaban J connectivity index is 1.52. The van der Waals surface area contributed by atoms with Crippen LogP contribution in [0.25, 0.3) is 11.3 Å². The predicted octanol–water partition coefficient (Wildman–Crippen LogP) is 4.88. The summed E-state index contributed by atoms with van der Waals surface area (Å²) in [6.07, 6.45) is 3.18. The largest absolute Gasteiger partial charge is 0.369 e. The van der Waals surface area contributed by atoms with Crippen LogP contribution in [0.4, 0.5) is 36.7 Å². The standard InChI is InChI=1S/C26H29F2N7O/c1-3-33-12-9-17(2)35(26(36)32-23-7-4-19(27)15-30-23)25-22(33)6-5-21(31-25)18-8-11-29-24(14-18)34-13-10-20(28)16-34/h4-8,11,14-15,17,20H,3,9-10,12-13,16H2,1-2H3,(H,30,32,36)/t17-,20+/m1/s1. The van der Waals surface area contributed by atoms with Gasteiger partial charge in [0.2, 0.25) is 0 Å². The Kier molecular flexibility index (Phi) is 6.67. The zero-order valence-electron chi connectivity index (χ0n) is 20.4. The molecule has 1 N–H and O–H groups in total.